The molecule has 1 aliphatic heterocycles. The molecule has 0 saturated carbocycles. The number of hydrogen-bond donors (Lipinski definition) is 0. The Morgan fingerprint density at radius 3 is 2.52 bits per heavy atom. The Morgan fingerprint density at radius 2 is 1.76 bits per heavy atom. The maximum absolute atomic E-state index is 12.9. The third-order valence-electron chi connectivity index (χ3n) is 3.67. The van der Waals surface area contributed by atoms with Gasteiger partial charge in [-0.2, -0.15) is 13.2 Å². The fourth-order valence-electron chi connectivity index (χ4n) is 2.50. The molecule has 132 valence electrons. The average molecular weight is 352 g/mol. The second-order valence-electron chi connectivity index (χ2n) is 5.47. The van der Waals surface area contributed by atoms with Crippen LogP contribution in [0, 0.1) is 0 Å². The van der Waals surface area contributed by atoms with Crippen molar-refractivity contribution in [3.63, 3.8) is 0 Å². The maximum atomic E-state index is 12.9. The van der Waals surface area contributed by atoms with E-state index in [1.165, 1.54) is 18.2 Å². The summed E-state index contributed by atoms with van der Waals surface area (Å²) < 4.78 is 54.6. The van der Waals surface area contributed by atoms with Crippen LogP contribution < -0.4 is 9.47 Å². The molecule has 0 radical (unpaired) electrons. The zero-order chi connectivity index (χ0) is 17.9. The van der Waals surface area contributed by atoms with E-state index < -0.39 is 24.3 Å². The van der Waals surface area contributed by atoms with Gasteiger partial charge in [-0.05, 0) is 23.8 Å². The Morgan fingerprint density at radius 1 is 1.04 bits per heavy atom. The Hall–Kier alpha value is -2.70. The van der Waals surface area contributed by atoms with Gasteiger partial charge in [0.25, 0.3) is 0 Å². The highest BCUT2D eigenvalue weighted by Crippen LogP contribution is 2.33. The van der Waals surface area contributed by atoms with Gasteiger partial charge in [0.15, 0.2) is 11.5 Å². The number of esters is 1. The summed E-state index contributed by atoms with van der Waals surface area (Å²) in [5, 5.41) is 0. The summed E-state index contributed by atoms with van der Waals surface area (Å²) in [4.78, 5) is 11.9. The highest BCUT2D eigenvalue weighted by Gasteiger charge is 2.33. The molecule has 0 spiro atoms. The average Bonchev–Trinajstić information content (AvgIpc) is 2.59. The molecule has 0 amide bonds. The first-order valence-electron chi connectivity index (χ1n) is 7.63. The summed E-state index contributed by atoms with van der Waals surface area (Å²) in [6.45, 7) is 0.460. The van der Waals surface area contributed by atoms with E-state index in [4.69, 9.17) is 14.2 Å². The van der Waals surface area contributed by atoms with Crippen molar-refractivity contribution in [2.75, 3.05) is 13.2 Å². The van der Waals surface area contributed by atoms with E-state index in [2.05, 4.69) is 0 Å². The summed E-state index contributed by atoms with van der Waals surface area (Å²) in [7, 11) is 0. The predicted octanol–water partition coefficient (Wildman–Crippen LogP) is 3.76. The van der Waals surface area contributed by atoms with Crippen molar-refractivity contribution in [3.05, 3.63) is 59.2 Å². The topological polar surface area (TPSA) is 44.8 Å². The van der Waals surface area contributed by atoms with E-state index in [1.54, 1.807) is 18.2 Å². The van der Waals surface area contributed by atoms with Crippen LogP contribution in [0.25, 0.3) is 0 Å². The lowest BCUT2D eigenvalue weighted by atomic mass is 10.1. The molecule has 0 aliphatic carbocycles. The second-order valence-corrected chi connectivity index (χ2v) is 5.47. The van der Waals surface area contributed by atoms with Crippen LogP contribution in [-0.2, 0) is 28.7 Å². The molecule has 1 heterocycles. The summed E-state index contributed by atoms with van der Waals surface area (Å²) in [5.41, 5.74) is -0.244. The van der Waals surface area contributed by atoms with Crippen molar-refractivity contribution in [1.82, 2.24) is 0 Å². The van der Waals surface area contributed by atoms with Gasteiger partial charge in [0.05, 0.1) is 12.0 Å². The maximum Gasteiger partial charge on any atom is 0.416 e. The Balaban J connectivity index is 1.62. The first kappa shape index (κ1) is 17.1. The molecule has 0 N–H and O–H groups in total. The van der Waals surface area contributed by atoms with E-state index in [0.717, 1.165) is 6.07 Å². The van der Waals surface area contributed by atoms with Crippen LogP contribution in [0.15, 0.2) is 42.5 Å². The van der Waals surface area contributed by atoms with Crippen molar-refractivity contribution >= 4 is 5.97 Å². The summed E-state index contributed by atoms with van der Waals surface area (Å²) in [5.74, 6) is 0.523. The monoisotopic (exact) mass is 352 g/mol. The van der Waals surface area contributed by atoms with Crippen molar-refractivity contribution in [3.8, 4) is 11.5 Å². The van der Waals surface area contributed by atoms with Crippen LogP contribution >= 0.6 is 0 Å². The van der Waals surface area contributed by atoms with Gasteiger partial charge in [0.2, 0.25) is 0 Å². The van der Waals surface area contributed by atoms with E-state index in [9.17, 15) is 18.0 Å². The number of halogens is 3. The molecule has 3 rings (SSSR count). The largest absolute Gasteiger partial charge is 0.486 e. The van der Waals surface area contributed by atoms with Crippen LogP contribution in [0.2, 0.25) is 0 Å². The molecule has 0 unspecified atom stereocenters. The molecule has 7 heteroatoms. The fourth-order valence-corrected chi connectivity index (χ4v) is 2.50. The van der Waals surface area contributed by atoms with Crippen LogP contribution in [0.4, 0.5) is 13.2 Å². The lowest BCUT2D eigenvalue weighted by Gasteiger charge is -2.18. The predicted molar refractivity (Wildman–Crippen MR) is 82.4 cm³/mol. The minimum absolute atomic E-state index is 0.0647. The van der Waals surface area contributed by atoms with Gasteiger partial charge in [-0.15, -0.1) is 0 Å². The van der Waals surface area contributed by atoms with Gasteiger partial charge in [-0.3, -0.25) is 4.79 Å². The second kappa shape index (κ2) is 7.04. The van der Waals surface area contributed by atoms with Crippen molar-refractivity contribution in [2.45, 2.75) is 19.2 Å². The Labute approximate surface area is 142 Å². The van der Waals surface area contributed by atoms with E-state index in [0.29, 0.717) is 30.3 Å². The molecular formula is C18H15F3O4. The molecule has 0 saturated heterocycles. The quantitative estimate of drug-likeness (QED) is 0.786. The molecule has 0 bridgehead atoms. The highest BCUT2D eigenvalue weighted by atomic mass is 19.4. The van der Waals surface area contributed by atoms with E-state index >= 15 is 0 Å². The van der Waals surface area contributed by atoms with Gasteiger partial charge in [-0.25, -0.2) is 0 Å². The van der Waals surface area contributed by atoms with Gasteiger partial charge in [0.1, 0.15) is 19.8 Å². The molecule has 0 fully saturated rings. The smallest absolute Gasteiger partial charge is 0.416 e. The molecule has 4 nitrogen and oxygen atoms in total. The number of fused-ring (bicyclic) bond motifs is 1. The van der Waals surface area contributed by atoms with Crippen LogP contribution in [-0.4, -0.2) is 19.2 Å². The lowest BCUT2D eigenvalue weighted by molar-refractivity contribution is -0.147. The van der Waals surface area contributed by atoms with E-state index in [-0.39, 0.29) is 12.0 Å². The minimum atomic E-state index is -4.49. The SMILES string of the molecule is O=C(Cc1ccc2c(c1)OCCO2)OCc1ccccc1C(F)(F)F. The van der Waals surface area contributed by atoms with Gasteiger partial charge >= 0.3 is 12.1 Å². The molecule has 0 atom stereocenters. The Bertz CT molecular complexity index is 771. The van der Waals surface area contributed by atoms with Crippen molar-refractivity contribution in [1.29, 1.82) is 0 Å². The molecule has 1 aliphatic rings. The first-order chi connectivity index (χ1) is 11.9. The zero-order valence-corrected chi connectivity index (χ0v) is 13.1. The van der Waals surface area contributed by atoms with Gasteiger partial charge < -0.3 is 14.2 Å². The number of ether oxygens (including phenoxy) is 3. The molecule has 0 aromatic heterocycles. The Kier molecular flexibility index (Phi) is 4.83. The van der Waals surface area contributed by atoms with Crippen molar-refractivity contribution < 1.29 is 32.2 Å². The number of rotatable bonds is 4. The standard InChI is InChI=1S/C18H15F3O4/c19-18(20,21)14-4-2-1-3-13(14)11-25-17(22)10-12-5-6-15-16(9-12)24-8-7-23-15/h1-6,9H,7-8,10-11H2. The summed E-state index contributed by atoms with van der Waals surface area (Å²) >= 11 is 0. The summed E-state index contributed by atoms with van der Waals surface area (Å²) in [6.07, 6.45) is -4.55. The number of carbonyl (C=O) groups excluding carboxylic acids is 1. The lowest BCUT2D eigenvalue weighted by Crippen LogP contribution is -2.16. The highest BCUT2D eigenvalue weighted by molar-refractivity contribution is 5.73. The number of hydrogen-bond acceptors (Lipinski definition) is 4. The summed E-state index contributed by atoms with van der Waals surface area (Å²) in [6, 6.07) is 10.1. The fraction of sp³-hybridized carbons (Fsp3) is 0.278. The van der Waals surface area contributed by atoms with Gasteiger partial charge in [0, 0.05) is 5.56 Å². The van der Waals surface area contributed by atoms with Crippen LogP contribution in [0.3, 0.4) is 0 Å². The van der Waals surface area contributed by atoms with E-state index in [1.807, 2.05) is 0 Å². The third kappa shape index (κ3) is 4.23. The van der Waals surface area contributed by atoms with Crippen molar-refractivity contribution in [2.24, 2.45) is 0 Å². The number of alkyl halides is 3. The molecule has 2 aromatic rings. The van der Waals surface area contributed by atoms with Crippen LogP contribution in [0.5, 0.6) is 11.5 Å². The minimum Gasteiger partial charge on any atom is -0.486 e. The normalized spacial score (nSPS) is 13.4. The third-order valence-corrected chi connectivity index (χ3v) is 3.67. The van der Waals surface area contributed by atoms with Gasteiger partial charge in [-0.1, -0.05) is 24.3 Å². The molecular weight excluding hydrogens is 337 g/mol. The zero-order valence-electron chi connectivity index (χ0n) is 13.1. The number of benzene rings is 2. The molecule has 2 aromatic carbocycles. The number of carbonyl (C=O) groups is 1. The van der Waals surface area contributed by atoms with Crippen LogP contribution in [0.1, 0.15) is 16.7 Å². The first-order valence-corrected chi connectivity index (χ1v) is 7.63. The molecule has 25 heavy (non-hydrogen) atoms.